The van der Waals surface area contributed by atoms with Crippen molar-refractivity contribution in [1.29, 1.82) is 0 Å². The molecular weight excluding hydrogens is 522 g/mol. The molecule has 0 amide bonds. The van der Waals surface area contributed by atoms with Gasteiger partial charge in [0.2, 0.25) is 6.73 Å². The lowest BCUT2D eigenvalue weighted by Crippen LogP contribution is -2.33. The highest BCUT2D eigenvalue weighted by Crippen LogP contribution is 2.29. The van der Waals surface area contributed by atoms with Crippen LogP contribution < -0.4 is 15.2 Å². The van der Waals surface area contributed by atoms with E-state index in [0.29, 0.717) is 51.4 Å². The van der Waals surface area contributed by atoms with E-state index in [0.717, 1.165) is 45.3 Å². The number of rotatable bonds is 15. The Kier molecular flexibility index (Phi) is 8.33. The van der Waals surface area contributed by atoms with Crippen molar-refractivity contribution in [2.45, 2.75) is 57.6 Å². The summed E-state index contributed by atoms with van der Waals surface area (Å²) in [5.41, 5.74) is 2.89. The first-order valence-corrected chi connectivity index (χ1v) is 14.6. The van der Waals surface area contributed by atoms with Crippen molar-refractivity contribution in [3.8, 4) is 0 Å². The van der Waals surface area contributed by atoms with Gasteiger partial charge in [-0.15, -0.1) is 9.19 Å². The van der Waals surface area contributed by atoms with Gasteiger partial charge in [-0.3, -0.25) is 0 Å². The third-order valence-corrected chi connectivity index (χ3v) is 8.46. The van der Waals surface area contributed by atoms with Crippen molar-refractivity contribution < 1.29 is 22.8 Å². The summed E-state index contributed by atoms with van der Waals surface area (Å²) in [7, 11) is -3.38. The van der Waals surface area contributed by atoms with Gasteiger partial charge in [0.1, 0.15) is 18.0 Å². The number of hydrogen-bond acceptors (Lipinski definition) is 10. The molecule has 0 bridgehead atoms. The van der Waals surface area contributed by atoms with E-state index in [4.69, 9.17) is 9.72 Å². The topological polar surface area (TPSA) is 152 Å². The summed E-state index contributed by atoms with van der Waals surface area (Å²) in [6.07, 6.45) is 10.2. The minimum Gasteiger partial charge on any atom is -0.381 e. The minimum absolute atomic E-state index is 0.0733. The second-order valence-corrected chi connectivity index (χ2v) is 11.5. The fourth-order valence-electron chi connectivity index (χ4n) is 4.13. The number of fused-ring (bicyclic) bond motifs is 1. The molecule has 208 valence electrons. The van der Waals surface area contributed by atoms with Gasteiger partial charge in [-0.1, -0.05) is 6.92 Å². The summed E-state index contributed by atoms with van der Waals surface area (Å²) in [5, 5.41) is 24.5. The van der Waals surface area contributed by atoms with Gasteiger partial charge in [0.25, 0.3) is 10.0 Å². The number of aliphatic hydroxyl groups excluding tert-OH is 1. The second kappa shape index (κ2) is 12.1. The lowest BCUT2D eigenvalue weighted by molar-refractivity contribution is -0.730. The van der Waals surface area contributed by atoms with Crippen molar-refractivity contribution in [2.75, 3.05) is 30.4 Å². The molecule has 1 fully saturated rings. The van der Waals surface area contributed by atoms with Gasteiger partial charge >= 0.3 is 0 Å². The molecule has 4 heterocycles. The molecule has 14 heteroatoms. The maximum Gasteiger partial charge on any atom is 0.258 e. The van der Waals surface area contributed by atoms with Crippen molar-refractivity contribution >= 4 is 27.3 Å². The van der Waals surface area contributed by atoms with E-state index in [9.17, 15) is 13.5 Å². The number of aliphatic hydroxyl groups is 1. The Bertz CT molecular complexity index is 1520. The van der Waals surface area contributed by atoms with Crippen LogP contribution in [0, 0.1) is 0 Å². The third-order valence-electron chi connectivity index (χ3n) is 6.45. The Labute approximate surface area is 226 Å². The number of anilines is 2. The average Bonchev–Trinajstić information content (AvgIpc) is 3.57. The van der Waals surface area contributed by atoms with Crippen LogP contribution in [-0.2, 0) is 40.9 Å². The van der Waals surface area contributed by atoms with Gasteiger partial charge in [0, 0.05) is 49.4 Å². The molecule has 13 nitrogen and oxygen atoms in total. The van der Waals surface area contributed by atoms with Crippen LogP contribution in [-0.4, -0.2) is 67.3 Å². The van der Waals surface area contributed by atoms with Gasteiger partial charge in [0.15, 0.2) is 23.9 Å². The van der Waals surface area contributed by atoms with Gasteiger partial charge in [0.05, 0.1) is 18.1 Å². The quantitative estimate of drug-likeness (QED) is 0.144. The highest BCUT2D eigenvalue weighted by atomic mass is 32.2. The largest absolute Gasteiger partial charge is 0.381 e. The fourth-order valence-corrected chi connectivity index (χ4v) is 5.55. The number of aryl methyl sites for hydroxylation is 1. The van der Waals surface area contributed by atoms with E-state index < -0.39 is 10.0 Å². The minimum atomic E-state index is -3.38. The second-order valence-electron chi connectivity index (χ2n) is 9.43. The van der Waals surface area contributed by atoms with Gasteiger partial charge in [-0.05, 0) is 31.7 Å². The summed E-state index contributed by atoms with van der Waals surface area (Å²) in [4.78, 5) is 8.86. The van der Waals surface area contributed by atoms with Crippen LogP contribution in [0.4, 0.5) is 11.6 Å². The van der Waals surface area contributed by atoms with Crippen LogP contribution >= 0.6 is 0 Å². The molecule has 1 aliphatic carbocycles. The van der Waals surface area contributed by atoms with Crippen molar-refractivity contribution in [3.05, 3.63) is 60.1 Å². The van der Waals surface area contributed by atoms with Crippen LogP contribution in [0.15, 0.2) is 43.1 Å². The number of nitrogens with one attached hydrogen (secondary N) is 2. The summed E-state index contributed by atoms with van der Waals surface area (Å²) >= 11 is 0. The zero-order valence-electron chi connectivity index (χ0n) is 21.9. The number of pyridine rings is 1. The first-order valence-electron chi connectivity index (χ1n) is 13.1. The van der Waals surface area contributed by atoms with Crippen LogP contribution in [0.2, 0.25) is 0 Å². The monoisotopic (exact) mass is 556 g/mol. The zero-order valence-corrected chi connectivity index (χ0v) is 22.7. The summed E-state index contributed by atoms with van der Waals surface area (Å²) < 4.78 is 34.6. The molecule has 1 saturated carbocycles. The predicted molar refractivity (Wildman–Crippen MR) is 144 cm³/mol. The highest BCUT2D eigenvalue weighted by molar-refractivity contribution is 7.90. The number of hydrogen-bond donors (Lipinski definition) is 3. The van der Waals surface area contributed by atoms with Gasteiger partial charge in [-0.2, -0.15) is 14.2 Å². The molecule has 0 aromatic carbocycles. The molecule has 0 spiro atoms. The molecule has 1 aliphatic rings. The highest BCUT2D eigenvalue weighted by Gasteiger charge is 2.37. The lowest BCUT2D eigenvalue weighted by atomic mass is 10.2. The molecule has 5 rings (SSSR count). The van der Waals surface area contributed by atoms with Crippen LogP contribution in [0.1, 0.15) is 43.1 Å². The summed E-state index contributed by atoms with van der Waals surface area (Å²) in [5.74, 6) is 2.02. The van der Waals surface area contributed by atoms with E-state index in [2.05, 4.69) is 32.7 Å². The number of aromatic nitrogens is 7. The molecule has 39 heavy (non-hydrogen) atoms. The first-order chi connectivity index (χ1) is 19.0. The molecule has 0 saturated heterocycles. The molecular formula is C25H34N9O4S+. The molecule has 0 unspecified atom stereocenters. The van der Waals surface area contributed by atoms with Crippen LogP contribution in [0.5, 0.6) is 0 Å². The van der Waals surface area contributed by atoms with E-state index in [1.807, 2.05) is 36.8 Å². The molecule has 4 aromatic rings. The Morgan fingerprint density at radius 3 is 2.92 bits per heavy atom. The third kappa shape index (κ3) is 6.52. The molecule has 0 atom stereocenters. The van der Waals surface area contributed by atoms with E-state index in [-0.39, 0.29) is 12.0 Å². The standard InChI is InChI=1S/C25H34N9O4S/c1-2-20-15-29-34-24(27-14-19-5-3-10-32(16-19)18-35)13-23(30-25(20)34)26-9-4-11-38-12-8-22-28-17-33(31-22)39(36,37)21-6-7-21/h3,5,10,13,15-17,21,27,35H,2,4,6-9,11-12,14,18H2,1H3,(H,26,30)/q+1. The Hall–Kier alpha value is -3.62. The maximum atomic E-state index is 12.2. The predicted octanol–water partition coefficient (Wildman–Crippen LogP) is 1.13. The molecule has 0 radical (unpaired) electrons. The average molecular weight is 557 g/mol. The first kappa shape index (κ1) is 27.0. The smallest absolute Gasteiger partial charge is 0.258 e. The SMILES string of the molecule is CCc1cnn2c(NCc3ccc[n+](CO)c3)cc(NCCCOCCc3ncn(S(=O)(=O)C4CC4)n3)nc12. The maximum absolute atomic E-state index is 12.2. The number of nitrogens with zero attached hydrogens (tertiary/aromatic N) is 7. The Morgan fingerprint density at radius 2 is 2.13 bits per heavy atom. The molecule has 3 N–H and O–H groups in total. The van der Waals surface area contributed by atoms with Crippen molar-refractivity contribution in [2.24, 2.45) is 0 Å². The lowest BCUT2D eigenvalue weighted by Gasteiger charge is -2.12. The van der Waals surface area contributed by atoms with Crippen LogP contribution in [0.25, 0.3) is 5.65 Å². The van der Waals surface area contributed by atoms with Crippen molar-refractivity contribution in [3.63, 3.8) is 0 Å². The zero-order chi connectivity index (χ0) is 27.2. The Morgan fingerprint density at radius 1 is 1.26 bits per heavy atom. The van der Waals surface area contributed by atoms with Gasteiger partial charge < -0.3 is 20.5 Å². The molecule has 0 aliphatic heterocycles. The van der Waals surface area contributed by atoms with E-state index in [1.165, 1.54) is 6.33 Å². The Balaban J connectivity index is 1.11. The van der Waals surface area contributed by atoms with Crippen LogP contribution in [0.3, 0.4) is 0 Å². The fraction of sp³-hybridized carbons (Fsp3) is 0.480. The number of ether oxygens (including phenoxy) is 1. The van der Waals surface area contributed by atoms with E-state index in [1.54, 1.807) is 9.08 Å². The summed E-state index contributed by atoms with van der Waals surface area (Å²) in [6.45, 7) is 4.18. The van der Waals surface area contributed by atoms with Gasteiger partial charge in [-0.25, -0.2) is 18.4 Å². The summed E-state index contributed by atoms with van der Waals surface area (Å²) in [6, 6.07) is 5.83. The van der Waals surface area contributed by atoms with E-state index >= 15 is 0 Å². The normalized spacial score (nSPS) is 13.7. The van der Waals surface area contributed by atoms with Crippen molar-refractivity contribution in [1.82, 2.24) is 28.8 Å². The molecule has 4 aromatic heterocycles.